The van der Waals surface area contributed by atoms with Gasteiger partial charge in [0.25, 0.3) is 0 Å². The molecule has 0 radical (unpaired) electrons. The van der Waals surface area contributed by atoms with Crippen LogP contribution in [-0.4, -0.2) is 70.1 Å². The lowest BCUT2D eigenvalue weighted by molar-refractivity contribution is -0.132. The van der Waals surface area contributed by atoms with Gasteiger partial charge in [0.05, 0.1) is 19.3 Å². The Labute approximate surface area is 221 Å². The second-order valence-electron chi connectivity index (χ2n) is 10.8. The second-order valence-corrected chi connectivity index (χ2v) is 11.5. The molecule has 2 saturated heterocycles. The van der Waals surface area contributed by atoms with Gasteiger partial charge >= 0.3 is 0 Å². The van der Waals surface area contributed by atoms with Crippen LogP contribution >= 0.6 is 11.5 Å². The molecule has 3 heterocycles. The van der Waals surface area contributed by atoms with Crippen molar-refractivity contribution in [3.63, 3.8) is 0 Å². The van der Waals surface area contributed by atoms with Crippen LogP contribution in [0.1, 0.15) is 81.3 Å². The van der Waals surface area contributed by atoms with Gasteiger partial charge in [-0.2, -0.15) is 4.37 Å². The lowest BCUT2D eigenvalue weighted by Gasteiger charge is -2.23. The molecule has 1 aromatic heterocycles. The Bertz CT molecular complexity index is 1130. The zero-order valence-electron chi connectivity index (χ0n) is 21.8. The molecule has 3 aliphatic rings. The van der Waals surface area contributed by atoms with E-state index in [0.717, 1.165) is 36.2 Å². The predicted molar refractivity (Wildman–Crippen MR) is 140 cm³/mol. The second kappa shape index (κ2) is 11.0. The summed E-state index contributed by atoms with van der Waals surface area (Å²) in [5.41, 5.74) is 1.70. The van der Waals surface area contributed by atoms with Crippen molar-refractivity contribution in [1.82, 2.24) is 14.3 Å². The van der Waals surface area contributed by atoms with Crippen LogP contribution in [0.4, 0.5) is 5.13 Å². The first-order chi connectivity index (χ1) is 17.8. The zero-order valence-corrected chi connectivity index (χ0v) is 22.6. The van der Waals surface area contributed by atoms with E-state index in [2.05, 4.69) is 9.36 Å². The standard InChI is InChI=1S/C27H36N4O5S/c1-16(2)26-28-27(37-29-26)31(12-18-4-5-18)25(34)14-30-13-20(11-24(30)33)19-6-7-22(17(3)32)23(10-19)36-21-8-9-35-15-21/h6-7,10,16-18,20-21,32H,4-5,8-9,11-15H2,1-3H3/t17?,20-,21-/m1/s1. The summed E-state index contributed by atoms with van der Waals surface area (Å²) in [6.45, 7) is 8.12. The molecule has 0 bridgehead atoms. The summed E-state index contributed by atoms with van der Waals surface area (Å²) in [4.78, 5) is 34.4. The fourth-order valence-corrected chi connectivity index (χ4v) is 5.69. The topological polar surface area (TPSA) is 105 Å². The Kier molecular flexibility index (Phi) is 7.78. The molecule has 5 rings (SSSR count). The maximum absolute atomic E-state index is 13.4. The van der Waals surface area contributed by atoms with Crippen molar-refractivity contribution in [2.45, 2.75) is 70.5 Å². The normalized spacial score (nSPS) is 22.6. The van der Waals surface area contributed by atoms with Crippen molar-refractivity contribution < 1.29 is 24.2 Å². The Balaban J connectivity index is 1.28. The number of nitrogens with zero attached hydrogens (tertiary/aromatic N) is 4. The van der Waals surface area contributed by atoms with Crippen molar-refractivity contribution in [3.05, 3.63) is 35.2 Å². The summed E-state index contributed by atoms with van der Waals surface area (Å²) in [6, 6.07) is 5.78. The number of aliphatic hydroxyl groups is 1. The molecule has 1 aliphatic carbocycles. The summed E-state index contributed by atoms with van der Waals surface area (Å²) < 4.78 is 16.0. The van der Waals surface area contributed by atoms with Crippen molar-refractivity contribution >= 4 is 28.5 Å². The number of benzene rings is 1. The summed E-state index contributed by atoms with van der Waals surface area (Å²) in [6.07, 6.45) is 2.67. The highest BCUT2D eigenvalue weighted by Crippen LogP contribution is 2.36. The number of aromatic nitrogens is 2. The lowest BCUT2D eigenvalue weighted by Crippen LogP contribution is -2.42. The van der Waals surface area contributed by atoms with E-state index in [-0.39, 0.29) is 36.3 Å². The maximum Gasteiger partial charge on any atom is 0.248 e. The molecular formula is C27H36N4O5S. The van der Waals surface area contributed by atoms with E-state index < -0.39 is 6.10 Å². The van der Waals surface area contributed by atoms with Crippen molar-refractivity contribution in [3.8, 4) is 5.75 Å². The van der Waals surface area contributed by atoms with Gasteiger partial charge in [-0.05, 0) is 37.3 Å². The third kappa shape index (κ3) is 6.13. The van der Waals surface area contributed by atoms with Crippen LogP contribution in [0.3, 0.4) is 0 Å². The van der Waals surface area contributed by atoms with Gasteiger partial charge in [-0.1, -0.05) is 26.0 Å². The first kappa shape index (κ1) is 26.1. The van der Waals surface area contributed by atoms with Crippen LogP contribution in [0.15, 0.2) is 18.2 Å². The molecule has 3 fully saturated rings. The summed E-state index contributed by atoms with van der Waals surface area (Å²) in [7, 11) is 0. The van der Waals surface area contributed by atoms with Crippen LogP contribution in [0.25, 0.3) is 0 Å². The van der Waals surface area contributed by atoms with Crippen molar-refractivity contribution in [2.24, 2.45) is 5.92 Å². The fraction of sp³-hybridized carbons (Fsp3) is 0.630. The average Bonchev–Trinajstić information content (AvgIpc) is 3.22. The number of amides is 2. The molecule has 10 heteroatoms. The largest absolute Gasteiger partial charge is 0.488 e. The van der Waals surface area contributed by atoms with Crippen LogP contribution in [0, 0.1) is 5.92 Å². The smallest absolute Gasteiger partial charge is 0.248 e. The molecule has 2 aliphatic heterocycles. The molecule has 1 aromatic carbocycles. The van der Waals surface area contributed by atoms with Crippen molar-refractivity contribution in [2.75, 3.05) is 37.7 Å². The van der Waals surface area contributed by atoms with Crippen LogP contribution in [-0.2, 0) is 14.3 Å². The predicted octanol–water partition coefficient (Wildman–Crippen LogP) is 3.64. The quantitative estimate of drug-likeness (QED) is 0.502. The van der Waals surface area contributed by atoms with E-state index in [1.54, 1.807) is 16.7 Å². The van der Waals surface area contributed by atoms with Gasteiger partial charge < -0.3 is 19.5 Å². The van der Waals surface area contributed by atoms with Crippen LogP contribution in [0.2, 0.25) is 0 Å². The number of anilines is 1. The molecule has 1 N–H and O–H groups in total. The van der Waals surface area contributed by atoms with E-state index >= 15 is 0 Å². The molecule has 2 aromatic rings. The van der Waals surface area contributed by atoms with Gasteiger partial charge in [-0.3, -0.25) is 14.5 Å². The fourth-order valence-electron chi connectivity index (χ4n) is 4.85. The van der Waals surface area contributed by atoms with Gasteiger partial charge in [0.15, 0.2) is 0 Å². The van der Waals surface area contributed by atoms with E-state index in [0.29, 0.717) is 49.5 Å². The monoisotopic (exact) mass is 528 g/mol. The lowest BCUT2D eigenvalue weighted by atomic mass is 9.95. The maximum atomic E-state index is 13.4. The minimum absolute atomic E-state index is 0.0314. The number of likely N-dealkylation sites (tertiary alicyclic amines) is 1. The number of rotatable bonds is 10. The van der Waals surface area contributed by atoms with Crippen LogP contribution in [0.5, 0.6) is 5.75 Å². The molecule has 2 amide bonds. The molecular weight excluding hydrogens is 492 g/mol. The van der Waals surface area contributed by atoms with Gasteiger partial charge in [-0.25, -0.2) is 4.98 Å². The average molecular weight is 529 g/mol. The van der Waals surface area contributed by atoms with Crippen molar-refractivity contribution in [1.29, 1.82) is 0 Å². The minimum Gasteiger partial charge on any atom is -0.488 e. The van der Waals surface area contributed by atoms with E-state index in [1.807, 2.05) is 32.0 Å². The molecule has 3 atom stereocenters. The number of aliphatic hydroxyl groups excluding tert-OH is 1. The van der Waals surface area contributed by atoms with E-state index in [4.69, 9.17) is 9.47 Å². The number of carbonyl (C=O) groups is 2. The summed E-state index contributed by atoms with van der Waals surface area (Å²) in [5.74, 6) is 1.88. The Hall–Kier alpha value is -2.56. The van der Waals surface area contributed by atoms with Gasteiger partial charge in [-0.15, -0.1) is 0 Å². The SMILES string of the molecule is CC(C)c1nsc(N(CC2CC2)C(=O)CN2C[C@H](c3ccc(C(C)O)c(O[C@@H]4CCOC4)c3)CC2=O)n1. The zero-order chi connectivity index (χ0) is 26.1. The first-order valence-corrected chi connectivity index (χ1v) is 14.0. The summed E-state index contributed by atoms with van der Waals surface area (Å²) >= 11 is 1.26. The minimum atomic E-state index is -0.667. The third-order valence-electron chi connectivity index (χ3n) is 7.30. The van der Waals surface area contributed by atoms with Gasteiger partial charge in [0, 0.05) is 54.9 Å². The molecule has 1 unspecified atom stereocenters. The highest BCUT2D eigenvalue weighted by Gasteiger charge is 2.36. The van der Waals surface area contributed by atoms with Gasteiger partial charge in [0.2, 0.25) is 16.9 Å². The molecule has 1 saturated carbocycles. The number of carbonyl (C=O) groups excluding carboxylic acids is 2. The highest BCUT2D eigenvalue weighted by molar-refractivity contribution is 7.09. The van der Waals surface area contributed by atoms with Gasteiger partial charge in [0.1, 0.15) is 24.2 Å². The first-order valence-electron chi connectivity index (χ1n) is 13.3. The number of ether oxygens (including phenoxy) is 2. The molecule has 37 heavy (non-hydrogen) atoms. The highest BCUT2D eigenvalue weighted by atomic mass is 32.1. The molecule has 200 valence electrons. The Morgan fingerprint density at radius 3 is 2.76 bits per heavy atom. The molecule has 9 nitrogen and oxygen atoms in total. The van der Waals surface area contributed by atoms with Crippen LogP contribution < -0.4 is 9.64 Å². The number of hydrogen-bond acceptors (Lipinski definition) is 8. The van der Waals surface area contributed by atoms with E-state index in [9.17, 15) is 14.7 Å². The number of hydrogen-bond donors (Lipinski definition) is 1. The summed E-state index contributed by atoms with van der Waals surface area (Å²) in [5, 5.41) is 10.9. The third-order valence-corrected chi connectivity index (χ3v) is 8.05. The Morgan fingerprint density at radius 1 is 1.30 bits per heavy atom. The van der Waals surface area contributed by atoms with E-state index in [1.165, 1.54) is 11.5 Å². The Morgan fingerprint density at radius 2 is 2.11 bits per heavy atom. The molecule has 0 spiro atoms.